The summed E-state index contributed by atoms with van der Waals surface area (Å²) in [6, 6.07) is 5.73. The summed E-state index contributed by atoms with van der Waals surface area (Å²) in [4.78, 5) is 24.3. The zero-order valence-electron chi connectivity index (χ0n) is 12.7. The molecular weight excluding hydrogens is 320 g/mol. The van der Waals surface area contributed by atoms with Crippen molar-refractivity contribution in [2.24, 2.45) is 0 Å². The zero-order chi connectivity index (χ0) is 16.6. The number of hydrogen-bond acceptors (Lipinski definition) is 5. The number of carbonyl (C=O) groups excluding carboxylic acids is 2. The topological polar surface area (TPSA) is 92.8 Å². The smallest absolute Gasteiger partial charge is 0.269 e. The Morgan fingerprint density at radius 1 is 1.43 bits per heavy atom. The van der Waals surface area contributed by atoms with Gasteiger partial charge in [0.2, 0.25) is 5.91 Å². The number of ether oxygens (including phenoxy) is 1. The van der Waals surface area contributed by atoms with Crippen molar-refractivity contribution in [3.63, 3.8) is 0 Å². The third-order valence-corrected chi connectivity index (χ3v) is 5.90. The average Bonchev–Trinajstić information content (AvgIpc) is 3.11. The number of hydrogen-bond donors (Lipinski definition) is 1. The van der Waals surface area contributed by atoms with E-state index in [4.69, 9.17) is 4.74 Å². The highest BCUT2D eigenvalue weighted by atomic mass is 32.2. The van der Waals surface area contributed by atoms with Gasteiger partial charge in [0.05, 0.1) is 17.7 Å². The SMILES string of the molecule is C[C@@H](NC(=O)CN1C(=O)c2ccccc2S1(=O)=O)[C@H]1CCCO1. The van der Waals surface area contributed by atoms with Gasteiger partial charge in [0.1, 0.15) is 11.4 Å². The second-order valence-corrected chi connectivity index (χ2v) is 7.55. The largest absolute Gasteiger partial charge is 0.376 e. The number of benzene rings is 1. The van der Waals surface area contributed by atoms with Crippen molar-refractivity contribution in [2.75, 3.05) is 13.2 Å². The van der Waals surface area contributed by atoms with Gasteiger partial charge in [-0.3, -0.25) is 9.59 Å². The fourth-order valence-corrected chi connectivity index (χ4v) is 4.43. The summed E-state index contributed by atoms with van der Waals surface area (Å²) in [6.45, 7) is 1.95. The van der Waals surface area contributed by atoms with Crippen molar-refractivity contribution in [3.8, 4) is 0 Å². The van der Waals surface area contributed by atoms with Crippen LogP contribution in [0.1, 0.15) is 30.1 Å². The van der Waals surface area contributed by atoms with Crippen LogP contribution in [-0.2, 0) is 19.6 Å². The van der Waals surface area contributed by atoms with E-state index in [2.05, 4.69) is 5.32 Å². The first-order valence-electron chi connectivity index (χ1n) is 7.48. The van der Waals surface area contributed by atoms with Crippen molar-refractivity contribution < 1.29 is 22.7 Å². The summed E-state index contributed by atoms with van der Waals surface area (Å²) in [5.41, 5.74) is 0.104. The summed E-state index contributed by atoms with van der Waals surface area (Å²) in [5.74, 6) is -1.18. The summed E-state index contributed by atoms with van der Waals surface area (Å²) >= 11 is 0. The molecule has 0 aliphatic carbocycles. The predicted molar refractivity (Wildman–Crippen MR) is 81.2 cm³/mol. The average molecular weight is 338 g/mol. The quantitative estimate of drug-likeness (QED) is 0.864. The molecule has 0 spiro atoms. The lowest BCUT2D eigenvalue weighted by atomic mass is 10.1. The summed E-state index contributed by atoms with van der Waals surface area (Å²) in [6.07, 6.45) is 1.73. The normalized spacial score (nSPS) is 23.6. The molecule has 2 aliphatic heterocycles. The predicted octanol–water partition coefficient (Wildman–Crippen LogP) is 0.515. The molecule has 1 N–H and O–H groups in total. The van der Waals surface area contributed by atoms with E-state index in [9.17, 15) is 18.0 Å². The maximum absolute atomic E-state index is 12.4. The van der Waals surface area contributed by atoms with Gasteiger partial charge in [-0.15, -0.1) is 0 Å². The fourth-order valence-electron chi connectivity index (χ4n) is 2.91. The molecular formula is C15H18N2O5S. The number of rotatable bonds is 4. The second kappa shape index (κ2) is 5.93. The van der Waals surface area contributed by atoms with Crippen LogP contribution in [0, 0.1) is 0 Å². The van der Waals surface area contributed by atoms with Gasteiger partial charge >= 0.3 is 0 Å². The van der Waals surface area contributed by atoms with E-state index in [1.807, 2.05) is 6.92 Å². The Bertz CT molecular complexity index is 740. The van der Waals surface area contributed by atoms with Crippen LogP contribution in [0.3, 0.4) is 0 Å². The van der Waals surface area contributed by atoms with Crippen LogP contribution in [0.5, 0.6) is 0 Å². The molecule has 3 rings (SSSR count). The monoisotopic (exact) mass is 338 g/mol. The molecule has 23 heavy (non-hydrogen) atoms. The number of nitrogens with one attached hydrogen (secondary N) is 1. The van der Waals surface area contributed by atoms with Gasteiger partial charge in [-0.05, 0) is 31.9 Å². The lowest BCUT2D eigenvalue weighted by Gasteiger charge is -2.21. The highest BCUT2D eigenvalue weighted by Crippen LogP contribution is 2.29. The molecule has 0 saturated carbocycles. The molecule has 1 fully saturated rings. The second-order valence-electron chi connectivity index (χ2n) is 5.72. The van der Waals surface area contributed by atoms with Gasteiger partial charge in [-0.25, -0.2) is 12.7 Å². The number of fused-ring (bicyclic) bond motifs is 1. The molecule has 124 valence electrons. The van der Waals surface area contributed by atoms with Gasteiger partial charge in [-0.1, -0.05) is 12.1 Å². The van der Waals surface area contributed by atoms with Gasteiger partial charge in [-0.2, -0.15) is 0 Å². The highest BCUT2D eigenvalue weighted by Gasteiger charge is 2.42. The first kappa shape index (κ1) is 15.9. The highest BCUT2D eigenvalue weighted by molar-refractivity contribution is 7.90. The Labute approximate surface area is 134 Å². The van der Waals surface area contributed by atoms with Crippen LogP contribution in [0.4, 0.5) is 0 Å². The van der Waals surface area contributed by atoms with E-state index in [1.54, 1.807) is 12.1 Å². The molecule has 0 unspecified atom stereocenters. The van der Waals surface area contributed by atoms with Gasteiger partial charge in [0.25, 0.3) is 15.9 Å². The summed E-state index contributed by atoms with van der Waals surface area (Å²) in [5, 5.41) is 2.71. The Morgan fingerprint density at radius 2 is 2.17 bits per heavy atom. The van der Waals surface area contributed by atoms with Gasteiger partial charge in [0, 0.05) is 6.61 Å². The van der Waals surface area contributed by atoms with Crippen LogP contribution in [-0.4, -0.2) is 49.8 Å². The standard InChI is InChI=1S/C15H18N2O5S/c1-10(12-6-4-8-22-12)16-14(18)9-17-15(19)11-5-2-3-7-13(11)23(17,20)21/h2-3,5,7,10,12H,4,6,8-9H2,1H3,(H,16,18)/t10-,12-/m1/s1. The minimum Gasteiger partial charge on any atom is -0.376 e. The van der Waals surface area contributed by atoms with E-state index in [0.717, 1.165) is 12.8 Å². The van der Waals surface area contributed by atoms with Crippen LogP contribution in [0.25, 0.3) is 0 Å². The summed E-state index contributed by atoms with van der Waals surface area (Å²) in [7, 11) is -3.95. The molecule has 0 radical (unpaired) electrons. The van der Waals surface area contributed by atoms with Crippen molar-refractivity contribution in [1.29, 1.82) is 0 Å². The van der Waals surface area contributed by atoms with Crippen molar-refractivity contribution in [3.05, 3.63) is 29.8 Å². The van der Waals surface area contributed by atoms with Crippen molar-refractivity contribution in [1.82, 2.24) is 9.62 Å². The number of carbonyl (C=O) groups is 2. The molecule has 8 heteroatoms. The number of sulfonamides is 1. The van der Waals surface area contributed by atoms with E-state index < -0.39 is 28.4 Å². The van der Waals surface area contributed by atoms with Crippen molar-refractivity contribution >= 4 is 21.8 Å². The van der Waals surface area contributed by atoms with Crippen molar-refractivity contribution in [2.45, 2.75) is 36.8 Å². The van der Waals surface area contributed by atoms with Crippen LogP contribution in [0.2, 0.25) is 0 Å². The van der Waals surface area contributed by atoms with E-state index in [1.165, 1.54) is 12.1 Å². The molecule has 2 aliphatic rings. The molecule has 2 amide bonds. The Balaban J connectivity index is 1.71. The first-order chi connectivity index (χ1) is 10.9. The number of nitrogens with zero attached hydrogens (tertiary/aromatic N) is 1. The van der Waals surface area contributed by atoms with Crippen LogP contribution in [0.15, 0.2) is 29.2 Å². The van der Waals surface area contributed by atoms with Crippen LogP contribution < -0.4 is 5.32 Å². The lowest BCUT2D eigenvalue weighted by Crippen LogP contribution is -2.46. The molecule has 2 atom stereocenters. The molecule has 7 nitrogen and oxygen atoms in total. The van der Waals surface area contributed by atoms with E-state index >= 15 is 0 Å². The maximum Gasteiger partial charge on any atom is 0.269 e. The summed E-state index contributed by atoms with van der Waals surface area (Å²) < 4.78 is 30.9. The minimum atomic E-state index is -3.95. The maximum atomic E-state index is 12.4. The molecule has 1 aromatic rings. The molecule has 0 bridgehead atoms. The first-order valence-corrected chi connectivity index (χ1v) is 8.92. The van der Waals surface area contributed by atoms with Gasteiger partial charge < -0.3 is 10.1 Å². The van der Waals surface area contributed by atoms with Crippen LogP contribution >= 0.6 is 0 Å². The van der Waals surface area contributed by atoms with Gasteiger partial charge in [0.15, 0.2) is 0 Å². The third kappa shape index (κ3) is 2.84. The van der Waals surface area contributed by atoms with E-state index in [0.29, 0.717) is 10.9 Å². The van der Waals surface area contributed by atoms with E-state index in [-0.39, 0.29) is 22.6 Å². The molecule has 1 saturated heterocycles. The lowest BCUT2D eigenvalue weighted by molar-refractivity contribution is -0.122. The Hall–Kier alpha value is -1.93. The fraction of sp³-hybridized carbons (Fsp3) is 0.467. The third-order valence-electron chi connectivity index (χ3n) is 4.11. The zero-order valence-corrected chi connectivity index (χ0v) is 13.5. The number of amides is 2. The molecule has 0 aromatic heterocycles. The Kier molecular flexibility index (Phi) is 4.11. The molecule has 1 aromatic carbocycles. The minimum absolute atomic E-state index is 0.0509. The molecule has 2 heterocycles. The Morgan fingerprint density at radius 3 is 2.83 bits per heavy atom.